The van der Waals surface area contributed by atoms with Gasteiger partial charge in [-0.05, 0) is 42.8 Å². The highest BCUT2D eigenvalue weighted by atomic mass is 16.7. The third kappa shape index (κ3) is 3.48. The highest BCUT2D eigenvalue weighted by Gasteiger charge is 2.16. The van der Waals surface area contributed by atoms with Crippen LogP contribution < -0.4 is 20.3 Å². The Morgan fingerprint density at radius 1 is 1.03 bits per heavy atom. The van der Waals surface area contributed by atoms with Crippen molar-refractivity contribution >= 4 is 28.4 Å². The first-order valence-electron chi connectivity index (χ1n) is 9.37. The molecule has 0 saturated carbocycles. The second-order valence-corrected chi connectivity index (χ2v) is 6.83. The van der Waals surface area contributed by atoms with Crippen LogP contribution in [0.3, 0.4) is 0 Å². The molecule has 7 heteroatoms. The van der Waals surface area contributed by atoms with E-state index in [-0.39, 0.29) is 18.3 Å². The fourth-order valence-corrected chi connectivity index (χ4v) is 3.11. The van der Waals surface area contributed by atoms with Gasteiger partial charge in [0.15, 0.2) is 11.5 Å². The Kier molecular flexibility index (Phi) is 4.40. The molecule has 1 amide bonds. The number of hydrogen-bond donors (Lipinski definition) is 1. The summed E-state index contributed by atoms with van der Waals surface area (Å²) in [6, 6.07) is 18.2. The second-order valence-electron chi connectivity index (χ2n) is 6.83. The van der Waals surface area contributed by atoms with Crippen LogP contribution in [0.15, 0.2) is 76.3 Å². The number of anilines is 1. The van der Waals surface area contributed by atoms with Crippen molar-refractivity contribution in [1.82, 2.24) is 4.98 Å². The fourth-order valence-electron chi connectivity index (χ4n) is 3.11. The van der Waals surface area contributed by atoms with Crippen molar-refractivity contribution in [1.29, 1.82) is 0 Å². The molecule has 4 aromatic rings. The zero-order valence-electron chi connectivity index (χ0n) is 16.1. The number of aromatic nitrogens is 1. The van der Waals surface area contributed by atoms with Crippen LogP contribution in [0.2, 0.25) is 0 Å². The maximum Gasteiger partial charge on any atom is 0.262 e. The summed E-state index contributed by atoms with van der Waals surface area (Å²) in [5.74, 6) is 1.35. The third-order valence-corrected chi connectivity index (χ3v) is 4.64. The first kappa shape index (κ1) is 17.9. The van der Waals surface area contributed by atoms with Crippen molar-refractivity contribution in [2.24, 2.45) is 4.99 Å². The van der Waals surface area contributed by atoms with E-state index >= 15 is 0 Å². The molecule has 2 aromatic carbocycles. The smallest absolute Gasteiger partial charge is 0.262 e. The molecule has 2 aromatic heterocycles. The van der Waals surface area contributed by atoms with Crippen LogP contribution in [0.5, 0.6) is 11.5 Å². The second kappa shape index (κ2) is 7.36. The standard InChI is InChI=1S/C23H17N3O4/c1-14-6-9-21(24-12-14)26-22(27)17-10-15-4-2-3-5-18(15)30-23(17)25-16-7-8-19-20(11-16)29-13-28-19/h2-12H,13H2,1H3,(H,24,26,27). The predicted octanol–water partition coefficient (Wildman–Crippen LogP) is 4.35. The molecule has 0 radical (unpaired) electrons. The molecule has 30 heavy (non-hydrogen) atoms. The molecule has 0 atom stereocenters. The lowest BCUT2D eigenvalue weighted by Gasteiger charge is -2.07. The topological polar surface area (TPSA) is 86.0 Å². The maximum atomic E-state index is 13.0. The van der Waals surface area contributed by atoms with Gasteiger partial charge in [0.2, 0.25) is 12.3 Å². The average Bonchev–Trinajstić information content (AvgIpc) is 3.23. The summed E-state index contributed by atoms with van der Waals surface area (Å²) in [6.45, 7) is 2.11. The molecule has 0 unspecified atom stereocenters. The number of pyridine rings is 1. The number of nitrogens with one attached hydrogen (secondary N) is 1. The molecule has 7 nitrogen and oxygen atoms in total. The highest BCUT2D eigenvalue weighted by Crippen LogP contribution is 2.35. The molecule has 0 spiro atoms. The first-order chi connectivity index (χ1) is 14.7. The van der Waals surface area contributed by atoms with Gasteiger partial charge in [0.25, 0.3) is 5.91 Å². The minimum Gasteiger partial charge on any atom is -0.454 e. The lowest BCUT2D eigenvalue weighted by Crippen LogP contribution is -2.22. The Balaban J connectivity index is 1.61. The Labute approximate surface area is 171 Å². The molecule has 1 N–H and O–H groups in total. The van der Waals surface area contributed by atoms with Gasteiger partial charge in [0.05, 0.1) is 5.69 Å². The third-order valence-electron chi connectivity index (χ3n) is 4.64. The van der Waals surface area contributed by atoms with Gasteiger partial charge < -0.3 is 19.2 Å². The fraction of sp³-hybridized carbons (Fsp3) is 0.0870. The van der Waals surface area contributed by atoms with Crippen molar-refractivity contribution in [3.8, 4) is 11.5 Å². The van der Waals surface area contributed by atoms with E-state index in [1.165, 1.54) is 0 Å². The summed E-state index contributed by atoms with van der Waals surface area (Å²) in [6.07, 6.45) is 1.69. The molecule has 0 bridgehead atoms. The van der Waals surface area contributed by atoms with E-state index in [2.05, 4.69) is 15.3 Å². The molecule has 1 aliphatic heterocycles. The molecular formula is C23H17N3O4. The first-order valence-corrected chi connectivity index (χ1v) is 9.37. The Morgan fingerprint density at radius 2 is 1.90 bits per heavy atom. The minimum atomic E-state index is -0.361. The molecular weight excluding hydrogens is 382 g/mol. The quantitative estimate of drug-likeness (QED) is 0.554. The molecule has 0 aliphatic carbocycles. The Bertz CT molecular complexity index is 1330. The number of carbonyl (C=O) groups is 1. The summed E-state index contributed by atoms with van der Waals surface area (Å²) >= 11 is 0. The van der Waals surface area contributed by atoms with Crippen LogP contribution in [0, 0.1) is 6.92 Å². The summed E-state index contributed by atoms with van der Waals surface area (Å²) in [4.78, 5) is 21.8. The minimum absolute atomic E-state index is 0.177. The zero-order chi connectivity index (χ0) is 20.5. The van der Waals surface area contributed by atoms with Gasteiger partial charge in [-0.15, -0.1) is 0 Å². The lowest BCUT2D eigenvalue weighted by atomic mass is 10.1. The van der Waals surface area contributed by atoms with Crippen molar-refractivity contribution in [3.63, 3.8) is 0 Å². The van der Waals surface area contributed by atoms with Crippen molar-refractivity contribution in [3.05, 3.63) is 83.5 Å². The van der Waals surface area contributed by atoms with Crippen LogP contribution >= 0.6 is 0 Å². The summed E-state index contributed by atoms with van der Waals surface area (Å²) in [7, 11) is 0. The predicted molar refractivity (Wildman–Crippen MR) is 111 cm³/mol. The summed E-state index contributed by atoms with van der Waals surface area (Å²) in [5.41, 5.74) is 2.71. The van der Waals surface area contributed by atoms with Crippen LogP contribution in [-0.4, -0.2) is 17.7 Å². The van der Waals surface area contributed by atoms with Gasteiger partial charge in [-0.25, -0.2) is 9.98 Å². The lowest BCUT2D eigenvalue weighted by molar-refractivity contribution is 0.102. The number of benzene rings is 2. The number of rotatable bonds is 3. The van der Waals surface area contributed by atoms with Crippen molar-refractivity contribution in [2.75, 3.05) is 12.1 Å². The van der Waals surface area contributed by atoms with Crippen molar-refractivity contribution in [2.45, 2.75) is 6.92 Å². The summed E-state index contributed by atoms with van der Waals surface area (Å²) < 4.78 is 16.7. The van der Waals surface area contributed by atoms with Gasteiger partial charge in [-0.3, -0.25) is 4.79 Å². The van der Waals surface area contributed by atoms with E-state index < -0.39 is 0 Å². The van der Waals surface area contributed by atoms with Crippen molar-refractivity contribution < 1.29 is 18.7 Å². The summed E-state index contributed by atoms with van der Waals surface area (Å²) in [5, 5.41) is 3.60. The monoisotopic (exact) mass is 399 g/mol. The Hall–Kier alpha value is -4.13. The molecule has 148 valence electrons. The van der Waals surface area contributed by atoms with E-state index in [4.69, 9.17) is 13.9 Å². The number of para-hydroxylation sites is 1. The van der Waals surface area contributed by atoms with E-state index in [1.807, 2.05) is 37.3 Å². The maximum absolute atomic E-state index is 13.0. The van der Waals surface area contributed by atoms with Crippen LogP contribution in [-0.2, 0) is 0 Å². The van der Waals surface area contributed by atoms with Crippen LogP contribution in [0.4, 0.5) is 11.5 Å². The number of ether oxygens (including phenoxy) is 2. The molecule has 5 rings (SSSR count). The number of hydrogen-bond acceptors (Lipinski definition) is 6. The molecule has 0 fully saturated rings. The zero-order valence-corrected chi connectivity index (χ0v) is 16.1. The van der Waals surface area contributed by atoms with Crippen LogP contribution in [0.1, 0.15) is 15.9 Å². The number of amides is 1. The number of carbonyl (C=O) groups excluding carboxylic acids is 1. The highest BCUT2D eigenvalue weighted by molar-refractivity contribution is 6.04. The molecule has 1 aliphatic rings. The van der Waals surface area contributed by atoms with E-state index in [0.29, 0.717) is 34.2 Å². The Morgan fingerprint density at radius 3 is 2.77 bits per heavy atom. The average molecular weight is 399 g/mol. The number of fused-ring (bicyclic) bond motifs is 2. The number of aryl methyl sites for hydroxylation is 1. The van der Waals surface area contributed by atoms with Crippen LogP contribution in [0.25, 0.3) is 11.0 Å². The van der Waals surface area contributed by atoms with E-state index in [1.54, 1.807) is 36.5 Å². The SMILES string of the molecule is Cc1ccc(NC(=O)c2cc3ccccc3oc2=Nc2ccc3c(c2)OCO3)nc1. The van der Waals surface area contributed by atoms with Gasteiger partial charge in [-0.1, -0.05) is 24.3 Å². The van der Waals surface area contributed by atoms with Gasteiger partial charge in [0.1, 0.15) is 17.0 Å². The van der Waals surface area contributed by atoms with Gasteiger partial charge in [0, 0.05) is 17.6 Å². The van der Waals surface area contributed by atoms with E-state index in [9.17, 15) is 4.79 Å². The van der Waals surface area contributed by atoms with Gasteiger partial charge in [-0.2, -0.15) is 0 Å². The largest absolute Gasteiger partial charge is 0.454 e. The normalized spacial score (nSPS) is 12.9. The molecule has 0 saturated heterocycles. The van der Waals surface area contributed by atoms with Gasteiger partial charge >= 0.3 is 0 Å². The van der Waals surface area contributed by atoms with E-state index in [0.717, 1.165) is 10.9 Å². The molecule has 3 heterocycles. The number of nitrogens with zero attached hydrogens (tertiary/aromatic N) is 2.